The first kappa shape index (κ1) is 15.7. The predicted molar refractivity (Wildman–Crippen MR) is 92.4 cm³/mol. The van der Waals surface area contributed by atoms with Gasteiger partial charge >= 0.3 is 5.97 Å². The lowest BCUT2D eigenvalue weighted by atomic mass is 10.2. The largest absolute Gasteiger partial charge is 0.460 e. The Hall–Kier alpha value is -3.21. The van der Waals surface area contributed by atoms with E-state index in [9.17, 15) is 9.59 Å². The molecule has 0 spiro atoms. The molecule has 0 aliphatic carbocycles. The van der Waals surface area contributed by atoms with E-state index in [-0.39, 0.29) is 18.7 Å². The Morgan fingerprint density at radius 3 is 2.67 bits per heavy atom. The van der Waals surface area contributed by atoms with E-state index in [2.05, 4.69) is 5.10 Å². The third kappa shape index (κ3) is 3.76. The number of hydrogen-bond donors (Lipinski definition) is 0. The zero-order valence-electron chi connectivity index (χ0n) is 13.0. The van der Waals surface area contributed by atoms with Crippen LogP contribution >= 0.6 is 0 Å². The second-order valence-electron chi connectivity index (χ2n) is 5.19. The SMILES string of the molecule is O=C(Cn1ncc2ccccc2c1=O)OCC=Cc1ccccc1. The van der Waals surface area contributed by atoms with Crippen molar-refractivity contribution in [2.24, 2.45) is 0 Å². The van der Waals surface area contributed by atoms with Gasteiger partial charge in [-0.3, -0.25) is 9.59 Å². The minimum absolute atomic E-state index is 0.149. The van der Waals surface area contributed by atoms with E-state index < -0.39 is 5.97 Å². The van der Waals surface area contributed by atoms with Crippen molar-refractivity contribution in [2.45, 2.75) is 6.54 Å². The van der Waals surface area contributed by atoms with Gasteiger partial charge in [0.2, 0.25) is 0 Å². The van der Waals surface area contributed by atoms with Crippen molar-refractivity contribution in [1.29, 1.82) is 0 Å². The summed E-state index contributed by atoms with van der Waals surface area (Å²) in [6.45, 7) is -0.0566. The van der Waals surface area contributed by atoms with Crippen molar-refractivity contribution in [1.82, 2.24) is 9.78 Å². The molecule has 1 heterocycles. The fourth-order valence-corrected chi connectivity index (χ4v) is 2.30. The molecule has 0 fully saturated rings. The summed E-state index contributed by atoms with van der Waals surface area (Å²) in [5.74, 6) is -0.502. The molecular weight excluding hydrogens is 304 g/mol. The number of esters is 1. The zero-order valence-corrected chi connectivity index (χ0v) is 13.0. The quantitative estimate of drug-likeness (QED) is 0.678. The molecule has 5 nitrogen and oxygen atoms in total. The highest BCUT2D eigenvalue weighted by molar-refractivity contribution is 5.80. The van der Waals surface area contributed by atoms with Gasteiger partial charge in [-0.05, 0) is 17.7 Å². The molecule has 0 radical (unpaired) electrons. The van der Waals surface area contributed by atoms with Crippen LogP contribution < -0.4 is 5.56 Å². The van der Waals surface area contributed by atoms with Gasteiger partial charge in [0, 0.05) is 5.39 Å². The lowest BCUT2D eigenvalue weighted by Crippen LogP contribution is -2.27. The van der Waals surface area contributed by atoms with Crippen molar-refractivity contribution in [3.8, 4) is 0 Å². The van der Waals surface area contributed by atoms with Crippen molar-refractivity contribution in [2.75, 3.05) is 6.61 Å². The maximum atomic E-state index is 12.3. The van der Waals surface area contributed by atoms with Gasteiger partial charge in [-0.25, -0.2) is 4.68 Å². The van der Waals surface area contributed by atoms with Crippen LogP contribution in [0.5, 0.6) is 0 Å². The number of nitrogens with zero attached hydrogens (tertiary/aromatic N) is 2. The summed E-state index contributed by atoms with van der Waals surface area (Å²) in [4.78, 5) is 24.1. The highest BCUT2D eigenvalue weighted by Gasteiger charge is 2.08. The number of carbonyl (C=O) groups excluding carboxylic acids is 1. The molecular formula is C19H16N2O3. The molecule has 0 saturated heterocycles. The standard InChI is InChI=1S/C19H16N2O3/c22-18(24-12-6-9-15-7-2-1-3-8-15)14-21-19(23)17-11-5-4-10-16(17)13-20-21/h1-11,13H,12,14H2. The molecule has 0 aliphatic heterocycles. The van der Waals surface area contributed by atoms with E-state index in [1.54, 1.807) is 30.5 Å². The number of ether oxygens (including phenoxy) is 1. The van der Waals surface area contributed by atoms with E-state index in [1.807, 2.05) is 42.5 Å². The maximum Gasteiger partial charge on any atom is 0.328 e. The lowest BCUT2D eigenvalue weighted by molar-refractivity contribution is -0.143. The Morgan fingerprint density at radius 1 is 1.08 bits per heavy atom. The molecule has 5 heteroatoms. The molecule has 0 aliphatic rings. The normalized spacial score (nSPS) is 11.0. The van der Waals surface area contributed by atoms with Gasteiger partial charge in [0.1, 0.15) is 13.2 Å². The molecule has 3 aromatic rings. The van der Waals surface area contributed by atoms with E-state index >= 15 is 0 Å². The van der Waals surface area contributed by atoms with Gasteiger partial charge < -0.3 is 4.74 Å². The number of benzene rings is 2. The summed E-state index contributed by atoms with van der Waals surface area (Å²) >= 11 is 0. The molecule has 2 aromatic carbocycles. The van der Waals surface area contributed by atoms with Gasteiger partial charge in [-0.15, -0.1) is 0 Å². The Labute approximate surface area is 138 Å². The third-order valence-electron chi connectivity index (χ3n) is 3.49. The van der Waals surface area contributed by atoms with Crippen LogP contribution in [0.1, 0.15) is 5.56 Å². The molecule has 24 heavy (non-hydrogen) atoms. The topological polar surface area (TPSA) is 61.2 Å². The fraction of sp³-hybridized carbons (Fsp3) is 0.105. The van der Waals surface area contributed by atoms with Crippen molar-refractivity contribution in [3.05, 3.63) is 82.8 Å². The number of fused-ring (bicyclic) bond motifs is 1. The van der Waals surface area contributed by atoms with E-state index in [4.69, 9.17) is 4.74 Å². The Morgan fingerprint density at radius 2 is 1.83 bits per heavy atom. The Kier molecular flexibility index (Phi) is 4.81. The molecule has 0 atom stereocenters. The summed E-state index contributed by atoms with van der Waals surface area (Å²) in [6.07, 6.45) is 5.19. The second-order valence-corrected chi connectivity index (χ2v) is 5.19. The monoisotopic (exact) mass is 320 g/mol. The lowest BCUT2D eigenvalue weighted by Gasteiger charge is -2.05. The fourth-order valence-electron chi connectivity index (χ4n) is 2.30. The van der Waals surface area contributed by atoms with Crippen LogP contribution in [0.3, 0.4) is 0 Å². The van der Waals surface area contributed by atoms with E-state index in [1.165, 1.54) is 0 Å². The van der Waals surface area contributed by atoms with Crippen LogP contribution in [0, 0.1) is 0 Å². The first-order valence-corrected chi connectivity index (χ1v) is 7.56. The number of aromatic nitrogens is 2. The van der Waals surface area contributed by atoms with Crippen LogP contribution in [0.25, 0.3) is 16.8 Å². The van der Waals surface area contributed by atoms with E-state index in [0.717, 1.165) is 15.6 Å². The van der Waals surface area contributed by atoms with Crippen LogP contribution in [0.2, 0.25) is 0 Å². The molecule has 0 bridgehead atoms. The molecule has 3 rings (SSSR count). The number of hydrogen-bond acceptors (Lipinski definition) is 4. The van der Waals surface area contributed by atoms with Gasteiger partial charge in [0.25, 0.3) is 5.56 Å². The minimum atomic E-state index is -0.502. The molecule has 1 aromatic heterocycles. The summed E-state index contributed by atoms with van der Waals surface area (Å²) in [6, 6.07) is 16.8. The van der Waals surface area contributed by atoms with E-state index in [0.29, 0.717) is 5.39 Å². The summed E-state index contributed by atoms with van der Waals surface area (Å²) in [5, 5.41) is 5.29. The summed E-state index contributed by atoms with van der Waals surface area (Å²) in [7, 11) is 0. The average Bonchev–Trinajstić information content (AvgIpc) is 2.62. The van der Waals surface area contributed by atoms with Crippen LogP contribution in [-0.2, 0) is 16.1 Å². The highest BCUT2D eigenvalue weighted by atomic mass is 16.5. The summed E-state index contributed by atoms with van der Waals surface area (Å²) in [5.41, 5.74) is 0.728. The molecule has 0 amide bonds. The van der Waals surface area contributed by atoms with Crippen molar-refractivity contribution in [3.63, 3.8) is 0 Å². The number of rotatable bonds is 5. The van der Waals surface area contributed by atoms with Gasteiger partial charge in [-0.2, -0.15) is 5.10 Å². The van der Waals surface area contributed by atoms with Gasteiger partial charge in [-0.1, -0.05) is 54.6 Å². The molecule has 0 saturated carbocycles. The summed E-state index contributed by atoms with van der Waals surface area (Å²) < 4.78 is 6.23. The van der Waals surface area contributed by atoms with Crippen LogP contribution in [-0.4, -0.2) is 22.4 Å². The van der Waals surface area contributed by atoms with Gasteiger partial charge in [0.05, 0.1) is 11.6 Å². The van der Waals surface area contributed by atoms with Crippen LogP contribution in [0.15, 0.2) is 71.7 Å². The molecule has 0 unspecified atom stereocenters. The van der Waals surface area contributed by atoms with Crippen LogP contribution in [0.4, 0.5) is 0 Å². The van der Waals surface area contributed by atoms with Crippen molar-refractivity contribution < 1.29 is 9.53 Å². The maximum absolute atomic E-state index is 12.3. The zero-order chi connectivity index (χ0) is 16.8. The third-order valence-corrected chi connectivity index (χ3v) is 3.49. The minimum Gasteiger partial charge on any atom is -0.460 e. The predicted octanol–water partition coefficient (Wildman–Crippen LogP) is 2.65. The highest BCUT2D eigenvalue weighted by Crippen LogP contribution is 2.06. The smallest absolute Gasteiger partial charge is 0.328 e. The second kappa shape index (κ2) is 7.37. The molecule has 120 valence electrons. The van der Waals surface area contributed by atoms with Crippen molar-refractivity contribution >= 4 is 22.8 Å². The molecule has 0 N–H and O–H groups in total. The number of carbonyl (C=O) groups is 1. The average molecular weight is 320 g/mol. The Balaban J connectivity index is 1.60. The first-order chi connectivity index (χ1) is 11.7. The van der Waals surface area contributed by atoms with Gasteiger partial charge in [0.15, 0.2) is 0 Å². The Bertz CT molecular complexity index is 930. The first-order valence-electron chi connectivity index (χ1n) is 7.56.